The van der Waals surface area contributed by atoms with Gasteiger partial charge in [0.1, 0.15) is 17.6 Å². The fraction of sp³-hybridized carbons (Fsp3) is 0.267. The largest absolute Gasteiger partial charge is 0.497 e. The molecule has 0 aliphatic heterocycles. The summed E-state index contributed by atoms with van der Waals surface area (Å²) in [5.74, 6) is 0.942. The van der Waals surface area contributed by atoms with E-state index < -0.39 is 6.10 Å². The van der Waals surface area contributed by atoms with E-state index in [1.807, 2.05) is 17.5 Å². The van der Waals surface area contributed by atoms with Gasteiger partial charge in [-0.3, -0.25) is 4.79 Å². The molecule has 1 atom stereocenters. The molecule has 0 aliphatic carbocycles. The summed E-state index contributed by atoms with van der Waals surface area (Å²) < 4.78 is 10.4. The molecule has 2 aromatic rings. The average molecular weight is 307 g/mol. The van der Waals surface area contributed by atoms with Crippen LogP contribution in [0.15, 0.2) is 41.8 Å². The second kappa shape index (κ2) is 7.66. The molecule has 0 spiro atoms. The SMILES string of the molecule is COc1cccc(OCC(=O)NCC(O)c2cccs2)c1. The highest BCUT2D eigenvalue weighted by Gasteiger charge is 2.10. The van der Waals surface area contributed by atoms with Crippen LogP contribution in [-0.2, 0) is 4.79 Å². The maximum atomic E-state index is 11.7. The molecular formula is C15H17NO4S. The topological polar surface area (TPSA) is 67.8 Å². The van der Waals surface area contributed by atoms with Crippen molar-refractivity contribution in [2.75, 3.05) is 20.3 Å². The maximum Gasteiger partial charge on any atom is 0.258 e. The number of hydrogen-bond donors (Lipinski definition) is 2. The summed E-state index contributed by atoms with van der Waals surface area (Å²) in [6, 6.07) is 10.7. The third kappa shape index (κ3) is 4.77. The molecule has 0 saturated carbocycles. The molecule has 0 aliphatic rings. The number of ether oxygens (including phenoxy) is 2. The van der Waals surface area contributed by atoms with Crippen LogP contribution in [0.5, 0.6) is 11.5 Å². The zero-order chi connectivity index (χ0) is 15.1. The smallest absolute Gasteiger partial charge is 0.258 e. The second-order valence-corrected chi connectivity index (χ2v) is 5.28. The summed E-state index contributed by atoms with van der Waals surface area (Å²) in [5, 5.41) is 14.4. The fourth-order valence-corrected chi connectivity index (χ4v) is 2.39. The Morgan fingerprint density at radius 1 is 1.33 bits per heavy atom. The molecule has 1 aromatic heterocycles. The van der Waals surface area contributed by atoms with Gasteiger partial charge in [-0.05, 0) is 23.6 Å². The van der Waals surface area contributed by atoms with Crippen LogP contribution in [0.1, 0.15) is 11.0 Å². The van der Waals surface area contributed by atoms with E-state index in [-0.39, 0.29) is 19.1 Å². The van der Waals surface area contributed by atoms with Crippen molar-refractivity contribution in [3.8, 4) is 11.5 Å². The number of aliphatic hydroxyl groups is 1. The molecule has 1 heterocycles. The van der Waals surface area contributed by atoms with Gasteiger partial charge in [-0.25, -0.2) is 0 Å². The number of thiophene rings is 1. The number of benzene rings is 1. The molecule has 0 saturated heterocycles. The Bertz CT molecular complexity index is 571. The van der Waals surface area contributed by atoms with E-state index in [1.54, 1.807) is 31.4 Å². The van der Waals surface area contributed by atoms with E-state index in [0.717, 1.165) is 4.88 Å². The Kier molecular flexibility index (Phi) is 5.59. The van der Waals surface area contributed by atoms with Crippen LogP contribution in [0.25, 0.3) is 0 Å². The van der Waals surface area contributed by atoms with Crippen molar-refractivity contribution in [2.24, 2.45) is 0 Å². The van der Waals surface area contributed by atoms with Gasteiger partial charge < -0.3 is 19.9 Å². The Balaban J connectivity index is 1.74. The number of hydrogen-bond acceptors (Lipinski definition) is 5. The number of amides is 1. The van der Waals surface area contributed by atoms with E-state index in [9.17, 15) is 9.90 Å². The predicted octanol–water partition coefficient (Wildman–Crippen LogP) is 1.99. The van der Waals surface area contributed by atoms with Crippen molar-refractivity contribution in [1.82, 2.24) is 5.32 Å². The fourth-order valence-electron chi connectivity index (χ4n) is 1.68. The van der Waals surface area contributed by atoms with Gasteiger partial charge in [0.15, 0.2) is 6.61 Å². The normalized spacial score (nSPS) is 11.7. The third-order valence-electron chi connectivity index (χ3n) is 2.78. The Morgan fingerprint density at radius 3 is 2.86 bits per heavy atom. The molecule has 1 aromatic carbocycles. The second-order valence-electron chi connectivity index (χ2n) is 4.30. The third-order valence-corrected chi connectivity index (χ3v) is 3.75. The van der Waals surface area contributed by atoms with Gasteiger partial charge in [0, 0.05) is 17.5 Å². The van der Waals surface area contributed by atoms with Gasteiger partial charge in [0.25, 0.3) is 5.91 Å². The zero-order valence-corrected chi connectivity index (χ0v) is 12.4. The lowest BCUT2D eigenvalue weighted by atomic mass is 10.3. The van der Waals surface area contributed by atoms with Crippen LogP contribution < -0.4 is 14.8 Å². The van der Waals surface area contributed by atoms with E-state index in [1.165, 1.54) is 11.3 Å². The van der Waals surface area contributed by atoms with E-state index in [4.69, 9.17) is 9.47 Å². The number of aliphatic hydroxyl groups excluding tert-OH is 1. The molecule has 6 heteroatoms. The van der Waals surface area contributed by atoms with Crippen molar-refractivity contribution >= 4 is 17.2 Å². The van der Waals surface area contributed by atoms with E-state index in [0.29, 0.717) is 11.5 Å². The van der Waals surface area contributed by atoms with Crippen molar-refractivity contribution in [2.45, 2.75) is 6.10 Å². The average Bonchev–Trinajstić information content (AvgIpc) is 3.05. The minimum Gasteiger partial charge on any atom is -0.497 e. The predicted molar refractivity (Wildman–Crippen MR) is 80.8 cm³/mol. The van der Waals surface area contributed by atoms with Crippen LogP contribution in [0.3, 0.4) is 0 Å². The zero-order valence-electron chi connectivity index (χ0n) is 11.6. The number of nitrogens with one attached hydrogen (secondary N) is 1. The van der Waals surface area contributed by atoms with Crippen molar-refractivity contribution < 1.29 is 19.4 Å². The summed E-state index contributed by atoms with van der Waals surface area (Å²) in [6.07, 6.45) is -0.689. The molecule has 21 heavy (non-hydrogen) atoms. The first kappa shape index (κ1) is 15.3. The molecule has 1 amide bonds. The number of rotatable bonds is 7. The first-order valence-electron chi connectivity index (χ1n) is 6.44. The van der Waals surface area contributed by atoms with E-state index in [2.05, 4.69) is 5.32 Å². The standard InChI is InChI=1S/C15H17NO4S/c1-19-11-4-2-5-12(8-11)20-10-15(18)16-9-13(17)14-6-3-7-21-14/h2-8,13,17H,9-10H2,1H3,(H,16,18). The van der Waals surface area contributed by atoms with Crippen LogP contribution in [0, 0.1) is 0 Å². The quantitative estimate of drug-likeness (QED) is 0.821. The first-order valence-corrected chi connectivity index (χ1v) is 7.32. The molecule has 112 valence electrons. The molecule has 1 unspecified atom stereocenters. The minimum atomic E-state index is -0.689. The molecule has 0 fully saturated rings. The molecule has 2 rings (SSSR count). The van der Waals surface area contributed by atoms with Gasteiger partial charge in [-0.15, -0.1) is 11.3 Å². The maximum absolute atomic E-state index is 11.7. The Hall–Kier alpha value is -2.05. The Labute approximate surface area is 127 Å². The highest BCUT2D eigenvalue weighted by molar-refractivity contribution is 7.10. The number of carbonyl (C=O) groups excluding carboxylic acids is 1. The molecule has 0 bridgehead atoms. The van der Waals surface area contributed by atoms with Crippen molar-refractivity contribution in [1.29, 1.82) is 0 Å². The lowest BCUT2D eigenvalue weighted by Gasteiger charge is -2.11. The van der Waals surface area contributed by atoms with Crippen LogP contribution in [0.4, 0.5) is 0 Å². The van der Waals surface area contributed by atoms with Crippen LogP contribution in [0.2, 0.25) is 0 Å². The van der Waals surface area contributed by atoms with Gasteiger partial charge in [0.2, 0.25) is 0 Å². The van der Waals surface area contributed by atoms with Crippen LogP contribution >= 0.6 is 11.3 Å². The Morgan fingerprint density at radius 2 is 2.14 bits per heavy atom. The van der Waals surface area contributed by atoms with Gasteiger partial charge >= 0.3 is 0 Å². The van der Waals surface area contributed by atoms with Gasteiger partial charge in [-0.2, -0.15) is 0 Å². The molecule has 5 nitrogen and oxygen atoms in total. The molecular weight excluding hydrogens is 290 g/mol. The summed E-state index contributed by atoms with van der Waals surface area (Å²) >= 11 is 1.45. The summed E-state index contributed by atoms with van der Waals surface area (Å²) in [7, 11) is 1.57. The summed E-state index contributed by atoms with van der Waals surface area (Å²) in [4.78, 5) is 12.5. The highest BCUT2D eigenvalue weighted by Crippen LogP contribution is 2.19. The number of carbonyl (C=O) groups is 1. The monoisotopic (exact) mass is 307 g/mol. The van der Waals surface area contributed by atoms with Crippen molar-refractivity contribution in [3.63, 3.8) is 0 Å². The summed E-state index contributed by atoms with van der Waals surface area (Å²) in [5.41, 5.74) is 0. The van der Waals surface area contributed by atoms with Gasteiger partial charge in [0.05, 0.1) is 7.11 Å². The molecule has 0 radical (unpaired) electrons. The lowest BCUT2D eigenvalue weighted by Crippen LogP contribution is -2.32. The van der Waals surface area contributed by atoms with Crippen LogP contribution in [-0.4, -0.2) is 31.3 Å². The molecule has 2 N–H and O–H groups in total. The highest BCUT2D eigenvalue weighted by atomic mass is 32.1. The first-order chi connectivity index (χ1) is 10.2. The summed E-state index contributed by atoms with van der Waals surface area (Å²) in [6.45, 7) is 0.0607. The lowest BCUT2D eigenvalue weighted by molar-refractivity contribution is -0.123. The van der Waals surface area contributed by atoms with E-state index >= 15 is 0 Å². The van der Waals surface area contributed by atoms with Crippen molar-refractivity contribution in [3.05, 3.63) is 46.7 Å². The minimum absolute atomic E-state index is 0.107. The van der Waals surface area contributed by atoms with Gasteiger partial charge in [-0.1, -0.05) is 12.1 Å². The number of methoxy groups -OCH3 is 1.